The van der Waals surface area contributed by atoms with E-state index in [4.69, 9.17) is 9.84 Å². The monoisotopic (exact) mass is 279 g/mol. The first-order valence-corrected chi connectivity index (χ1v) is 6.72. The Kier molecular flexibility index (Phi) is 7.35. The largest absolute Gasteiger partial charge is 0.481 e. The molecular weight excluding hydrogens is 258 g/mol. The summed E-state index contributed by atoms with van der Waals surface area (Å²) in [6.45, 7) is 0.533. The molecule has 1 unspecified atom stereocenters. The summed E-state index contributed by atoms with van der Waals surface area (Å²) < 4.78 is 5.22. The van der Waals surface area contributed by atoms with Gasteiger partial charge in [0.05, 0.1) is 0 Å². The highest BCUT2D eigenvalue weighted by Gasteiger charge is 2.18. The second kappa shape index (κ2) is 9.09. The van der Waals surface area contributed by atoms with Gasteiger partial charge in [0.2, 0.25) is 0 Å². The maximum atomic E-state index is 12.0. The van der Waals surface area contributed by atoms with Crippen LogP contribution in [0.1, 0.15) is 37.4 Å². The number of rotatable bonds is 9. The van der Waals surface area contributed by atoms with E-state index >= 15 is 0 Å². The maximum absolute atomic E-state index is 12.0. The van der Waals surface area contributed by atoms with Crippen LogP contribution in [-0.2, 0) is 14.3 Å². The van der Waals surface area contributed by atoms with Gasteiger partial charge >= 0.3 is 5.97 Å². The van der Waals surface area contributed by atoms with Crippen LogP contribution < -0.4 is 5.32 Å². The second-order valence-electron chi connectivity index (χ2n) is 4.52. The van der Waals surface area contributed by atoms with Gasteiger partial charge in [0.15, 0.2) is 6.10 Å². The number of carboxylic acids is 1. The van der Waals surface area contributed by atoms with E-state index < -0.39 is 12.1 Å². The predicted octanol–water partition coefficient (Wildman–Crippen LogP) is 2.14. The van der Waals surface area contributed by atoms with Crippen molar-refractivity contribution in [3.8, 4) is 0 Å². The molecule has 0 saturated heterocycles. The minimum atomic E-state index is -0.780. The molecule has 0 saturated carbocycles. The number of methoxy groups -OCH3 is 1. The lowest BCUT2D eigenvalue weighted by molar-refractivity contribution is -0.137. The number of amides is 1. The van der Waals surface area contributed by atoms with Gasteiger partial charge in [0.25, 0.3) is 5.91 Å². The van der Waals surface area contributed by atoms with E-state index in [1.807, 2.05) is 30.3 Å². The van der Waals surface area contributed by atoms with Crippen LogP contribution >= 0.6 is 0 Å². The number of nitrogens with one attached hydrogen (secondary N) is 1. The molecule has 0 aromatic heterocycles. The van der Waals surface area contributed by atoms with Gasteiger partial charge < -0.3 is 15.2 Å². The Morgan fingerprint density at radius 1 is 1.20 bits per heavy atom. The van der Waals surface area contributed by atoms with Crippen molar-refractivity contribution in [1.82, 2.24) is 5.32 Å². The fourth-order valence-corrected chi connectivity index (χ4v) is 1.90. The van der Waals surface area contributed by atoms with Crippen LogP contribution in [0.4, 0.5) is 0 Å². The first kappa shape index (κ1) is 16.2. The molecule has 2 N–H and O–H groups in total. The Labute approximate surface area is 118 Å². The number of benzene rings is 1. The number of ether oxygens (including phenoxy) is 1. The Morgan fingerprint density at radius 3 is 2.50 bits per heavy atom. The lowest BCUT2D eigenvalue weighted by atomic mass is 10.1. The third-order valence-corrected chi connectivity index (χ3v) is 2.94. The van der Waals surface area contributed by atoms with Crippen LogP contribution in [-0.4, -0.2) is 30.6 Å². The van der Waals surface area contributed by atoms with Gasteiger partial charge in [-0.1, -0.05) is 36.8 Å². The van der Waals surface area contributed by atoms with E-state index in [-0.39, 0.29) is 12.3 Å². The molecule has 110 valence electrons. The van der Waals surface area contributed by atoms with Crippen molar-refractivity contribution in [3.63, 3.8) is 0 Å². The molecule has 20 heavy (non-hydrogen) atoms. The zero-order chi connectivity index (χ0) is 14.8. The van der Waals surface area contributed by atoms with Crippen molar-refractivity contribution in [2.45, 2.75) is 31.8 Å². The van der Waals surface area contributed by atoms with Crippen molar-refractivity contribution < 1.29 is 19.4 Å². The average Bonchev–Trinajstić information content (AvgIpc) is 2.44. The molecule has 1 rings (SSSR count). The predicted molar refractivity (Wildman–Crippen MR) is 75.3 cm³/mol. The zero-order valence-corrected chi connectivity index (χ0v) is 11.7. The van der Waals surface area contributed by atoms with E-state index in [1.165, 1.54) is 7.11 Å². The summed E-state index contributed by atoms with van der Waals surface area (Å²) in [6, 6.07) is 9.30. The standard InChI is InChI=1S/C15H21NO4/c1-20-14(12-8-4-2-5-9-12)15(19)16-11-7-3-6-10-13(17)18/h2,4-5,8-9,14H,3,6-7,10-11H2,1H3,(H,16,19)(H,17,18). The summed E-state index contributed by atoms with van der Waals surface area (Å²) in [5.41, 5.74) is 0.818. The summed E-state index contributed by atoms with van der Waals surface area (Å²) >= 11 is 0. The molecule has 1 atom stereocenters. The second-order valence-corrected chi connectivity index (χ2v) is 4.52. The molecule has 0 aliphatic rings. The Bertz CT molecular complexity index is 419. The average molecular weight is 279 g/mol. The van der Waals surface area contributed by atoms with Crippen molar-refractivity contribution in [3.05, 3.63) is 35.9 Å². The lowest BCUT2D eigenvalue weighted by Crippen LogP contribution is -2.31. The van der Waals surface area contributed by atoms with Crippen LogP contribution in [0.2, 0.25) is 0 Å². The fraction of sp³-hybridized carbons (Fsp3) is 0.467. The van der Waals surface area contributed by atoms with Gasteiger partial charge in [-0.3, -0.25) is 9.59 Å². The Hall–Kier alpha value is -1.88. The number of hydrogen-bond acceptors (Lipinski definition) is 3. The first-order valence-electron chi connectivity index (χ1n) is 6.72. The minimum absolute atomic E-state index is 0.170. The number of hydrogen-bond donors (Lipinski definition) is 2. The third kappa shape index (κ3) is 5.84. The molecule has 0 fully saturated rings. The smallest absolute Gasteiger partial charge is 0.303 e. The molecule has 0 heterocycles. The van der Waals surface area contributed by atoms with Crippen LogP contribution in [0, 0.1) is 0 Å². The van der Waals surface area contributed by atoms with Crippen LogP contribution in [0.25, 0.3) is 0 Å². The summed E-state index contributed by atoms with van der Waals surface area (Å²) in [4.78, 5) is 22.3. The summed E-state index contributed by atoms with van der Waals surface area (Å²) in [7, 11) is 1.50. The molecule has 0 aliphatic carbocycles. The number of carbonyl (C=O) groups excluding carboxylic acids is 1. The quantitative estimate of drug-likeness (QED) is 0.679. The SMILES string of the molecule is COC(C(=O)NCCCCCC(=O)O)c1ccccc1. The van der Waals surface area contributed by atoms with Crippen molar-refractivity contribution in [1.29, 1.82) is 0 Å². The third-order valence-electron chi connectivity index (χ3n) is 2.94. The van der Waals surface area contributed by atoms with E-state index in [9.17, 15) is 9.59 Å². The van der Waals surface area contributed by atoms with Crippen LogP contribution in [0.5, 0.6) is 0 Å². The van der Waals surface area contributed by atoms with Crippen LogP contribution in [0.15, 0.2) is 30.3 Å². The summed E-state index contributed by atoms with van der Waals surface area (Å²) in [6.07, 6.45) is 1.77. The molecule has 5 heteroatoms. The molecule has 0 aliphatic heterocycles. The molecule has 5 nitrogen and oxygen atoms in total. The molecule has 0 spiro atoms. The molecule has 1 aromatic rings. The van der Waals surface area contributed by atoms with Gasteiger partial charge in [-0.15, -0.1) is 0 Å². The Morgan fingerprint density at radius 2 is 1.90 bits per heavy atom. The number of unbranched alkanes of at least 4 members (excludes halogenated alkanes) is 2. The highest BCUT2D eigenvalue weighted by Crippen LogP contribution is 2.16. The lowest BCUT2D eigenvalue weighted by Gasteiger charge is -2.15. The highest BCUT2D eigenvalue weighted by molar-refractivity contribution is 5.82. The normalized spacial score (nSPS) is 11.8. The summed E-state index contributed by atoms with van der Waals surface area (Å²) in [5.74, 6) is -0.950. The van der Waals surface area contributed by atoms with E-state index in [0.29, 0.717) is 13.0 Å². The molecule has 1 aromatic carbocycles. The topological polar surface area (TPSA) is 75.6 Å². The Balaban J connectivity index is 2.29. The van der Waals surface area contributed by atoms with Gasteiger partial charge in [0.1, 0.15) is 0 Å². The minimum Gasteiger partial charge on any atom is -0.481 e. The molecule has 0 bridgehead atoms. The summed E-state index contributed by atoms with van der Waals surface area (Å²) in [5, 5.41) is 11.3. The van der Waals surface area contributed by atoms with E-state index in [0.717, 1.165) is 18.4 Å². The fourth-order valence-electron chi connectivity index (χ4n) is 1.90. The molecular formula is C15H21NO4. The highest BCUT2D eigenvalue weighted by atomic mass is 16.5. The molecule has 0 radical (unpaired) electrons. The first-order chi connectivity index (χ1) is 9.65. The van der Waals surface area contributed by atoms with E-state index in [1.54, 1.807) is 0 Å². The maximum Gasteiger partial charge on any atom is 0.303 e. The number of aliphatic carboxylic acids is 1. The van der Waals surface area contributed by atoms with Crippen molar-refractivity contribution in [2.75, 3.05) is 13.7 Å². The van der Waals surface area contributed by atoms with Gasteiger partial charge in [-0.25, -0.2) is 0 Å². The number of carbonyl (C=O) groups is 2. The van der Waals surface area contributed by atoms with E-state index in [2.05, 4.69) is 5.32 Å². The van der Waals surface area contributed by atoms with Crippen molar-refractivity contribution in [2.24, 2.45) is 0 Å². The van der Waals surface area contributed by atoms with Gasteiger partial charge in [0, 0.05) is 20.1 Å². The van der Waals surface area contributed by atoms with Crippen LogP contribution in [0.3, 0.4) is 0 Å². The molecule has 1 amide bonds. The number of carboxylic acid groups (broad SMARTS) is 1. The van der Waals surface area contributed by atoms with Crippen molar-refractivity contribution >= 4 is 11.9 Å². The van der Waals surface area contributed by atoms with Gasteiger partial charge in [-0.2, -0.15) is 0 Å². The van der Waals surface area contributed by atoms with Gasteiger partial charge in [-0.05, 0) is 18.4 Å². The zero-order valence-electron chi connectivity index (χ0n) is 11.7.